The van der Waals surface area contributed by atoms with Gasteiger partial charge in [-0.1, -0.05) is 6.92 Å². The maximum atomic E-state index is 13.0. The first-order chi connectivity index (χ1) is 12.9. The van der Waals surface area contributed by atoms with E-state index in [9.17, 15) is 13.2 Å². The van der Waals surface area contributed by atoms with E-state index in [1.807, 2.05) is 19.9 Å². The first-order valence-corrected chi connectivity index (χ1v) is 11.3. The maximum absolute atomic E-state index is 13.0. The molecule has 1 saturated heterocycles. The van der Waals surface area contributed by atoms with E-state index in [0.717, 1.165) is 16.1 Å². The van der Waals surface area contributed by atoms with E-state index in [-0.39, 0.29) is 12.2 Å². The molecule has 1 aliphatic rings. The lowest BCUT2D eigenvalue weighted by Crippen LogP contribution is -2.49. The van der Waals surface area contributed by atoms with Gasteiger partial charge in [0.25, 0.3) is 15.6 Å². The third-order valence-corrected chi connectivity index (χ3v) is 8.37. The summed E-state index contributed by atoms with van der Waals surface area (Å²) in [6.45, 7) is 6.49. The third-order valence-electron chi connectivity index (χ3n) is 4.88. The van der Waals surface area contributed by atoms with Crippen LogP contribution in [0.5, 0.6) is 0 Å². The molecule has 0 saturated carbocycles. The fourth-order valence-corrected chi connectivity index (χ4v) is 6.21. The number of aliphatic hydroxyl groups is 1. The smallest absolute Gasteiger partial charge is 0.252 e. The van der Waals surface area contributed by atoms with Gasteiger partial charge in [0.1, 0.15) is 4.21 Å². The third kappa shape index (κ3) is 4.17. The highest BCUT2D eigenvalue weighted by Crippen LogP contribution is 2.33. The molecule has 0 aliphatic carbocycles. The number of pyridine rings is 1. The lowest BCUT2D eigenvalue weighted by Gasteiger charge is -2.33. The molecule has 1 fully saturated rings. The van der Waals surface area contributed by atoms with Crippen LogP contribution in [0.25, 0.3) is 10.4 Å². The van der Waals surface area contributed by atoms with Crippen molar-refractivity contribution in [2.75, 3.05) is 39.3 Å². The Kier molecular flexibility index (Phi) is 6.17. The number of hydrogen-bond donors (Lipinski definition) is 2. The van der Waals surface area contributed by atoms with Crippen LogP contribution in [0.4, 0.5) is 0 Å². The number of thiophene rings is 1. The Balaban J connectivity index is 1.84. The predicted molar refractivity (Wildman–Crippen MR) is 107 cm³/mol. The maximum Gasteiger partial charge on any atom is 0.252 e. The molecule has 2 aromatic heterocycles. The number of aryl methyl sites for hydroxylation is 2. The summed E-state index contributed by atoms with van der Waals surface area (Å²) in [5.74, 6) is 0. The quantitative estimate of drug-likeness (QED) is 0.747. The molecule has 0 bridgehead atoms. The zero-order valence-electron chi connectivity index (χ0n) is 15.6. The Bertz CT molecular complexity index is 957. The molecular weight excluding hydrogens is 386 g/mol. The molecule has 0 aromatic carbocycles. The zero-order chi connectivity index (χ0) is 19.6. The van der Waals surface area contributed by atoms with Crippen LogP contribution in [0.15, 0.2) is 27.2 Å². The fraction of sp³-hybridized carbons (Fsp3) is 0.500. The van der Waals surface area contributed by atoms with E-state index in [2.05, 4.69) is 9.88 Å². The van der Waals surface area contributed by atoms with Crippen LogP contribution in [0, 0.1) is 6.92 Å². The van der Waals surface area contributed by atoms with Crippen molar-refractivity contribution in [2.45, 2.75) is 24.5 Å². The topological polar surface area (TPSA) is 93.7 Å². The number of nitrogens with one attached hydrogen (secondary N) is 1. The summed E-state index contributed by atoms with van der Waals surface area (Å²) in [5, 5.41) is 9.02. The number of nitrogens with zero attached hydrogens (tertiary/aromatic N) is 2. The highest BCUT2D eigenvalue weighted by molar-refractivity contribution is 7.91. The number of β-amino-alcohol motifs (C(OH)–C–C–N with tert-alkyl or cyclic N) is 1. The average molecular weight is 412 g/mol. The number of sulfonamides is 1. The molecule has 0 atom stereocenters. The van der Waals surface area contributed by atoms with Crippen LogP contribution in [-0.2, 0) is 16.4 Å². The van der Waals surface area contributed by atoms with Crippen LogP contribution in [-0.4, -0.2) is 67.0 Å². The van der Waals surface area contributed by atoms with Crippen molar-refractivity contribution < 1.29 is 13.5 Å². The molecule has 0 amide bonds. The van der Waals surface area contributed by atoms with Gasteiger partial charge < -0.3 is 10.1 Å². The van der Waals surface area contributed by atoms with Gasteiger partial charge in [-0.3, -0.25) is 9.69 Å². The first-order valence-electron chi connectivity index (χ1n) is 9.03. The number of rotatable bonds is 6. The van der Waals surface area contributed by atoms with Gasteiger partial charge in [0.05, 0.1) is 6.61 Å². The molecule has 148 valence electrons. The molecule has 0 unspecified atom stereocenters. The van der Waals surface area contributed by atoms with Crippen molar-refractivity contribution in [3.63, 3.8) is 0 Å². The van der Waals surface area contributed by atoms with Crippen LogP contribution < -0.4 is 5.56 Å². The lowest BCUT2D eigenvalue weighted by molar-refractivity contribution is 0.151. The molecule has 9 heteroatoms. The lowest BCUT2D eigenvalue weighted by atomic mass is 10.1. The van der Waals surface area contributed by atoms with Crippen molar-refractivity contribution in [1.29, 1.82) is 0 Å². The molecule has 0 spiro atoms. The summed E-state index contributed by atoms with van der Waals surface area (Å²) in [4.78, 5) is 17.7. The summed E-state index contributed by atoms with van der Waals surface area (Å²) >= 11 is 1.23. The molecule has 2 aromatic rings. The minimum absolute atomic E-state index is 0.0826. The second kappa shape index (κ2) is 8.24. The Morgan fingerprint density at radius 1 is 1.22 bits per heavy atom. The Morgan fingerprint density at radius 3 is 2.56 bits per heavy atom. The van der Waals surface area contributed by atoms with Crippen molar-refractivity contribution in [3.8, 4) is 10.4 Å². The standard InChI is InChI=1S/C18H25N3O4S2/c1-3-14-12-15(13(2)19-18(14)23)16-4-5-17(26-16)27(24,25)21-8-6-20(7-9-21)10-11-22/h4-5,12,22H,3,6-11H2,1-2H3,(H,19,23). The minimum Gasteiger partial charge on any atom is -0.395 e. The van der Waals surface area contributed by atoms with Crippen LogP contribution in [0.2, 0.25) is 0 Å². The van der Waals surface area contributed by atoms with E-state index in [1.165, 1.54) is 15.6 Å². The van der Waals surface area contributed by atoms with Gasteiger partial charge >= 0.3 is 0 Å². The van der Waals surface area contributed by atoms with Crippen molar-refractivity contribution in [1.82, 2.24) is 14.2 Å². The molecule has 3 heterocycles. The Labute approximate surface area is 163 Å². The second-order valence-electron chi connectivity index (χ2n) is 6.60. The zero-order valence-corrected chi connectivity index (χ0v) is 17.2. The summed E-state index contributed by atoms with van der Waals surface area (Å²) in [7, 11) is -3.53. The number of hydrogen-bond acceptors (Lipinski definition) is 6. The van der Waals surface area contributed by atoms with Crippen molar-refractivity contribution >= 4 is 21.4 Å². The monoisotopic (exact) mass is 411 g/mol. The molecular formula is C18H25N3O4S2. The van der Waals surface area contributed by atoms with Gasteiger partial charge in [-0.25, -0.2) is 8.42 Å². The van der Waals surface area contributed by atoms with E-state index < -0.39 is 10.0 Å². The number of H-pyrrole nitrogens is 1. The van der Waals surface area contributed by atoms with Crippen LogP contribution >= 0.6 is 11.3 Å². The van der Waals surface area contributed by atoms with Gasteiger partial charge in [-0.05, 0) is 31.5 Å². The van der Waals surface area contributed by atoms with Crippen molar-refractivity contribution in [2.24, 2.45) is 0 Å². The van der Waals surface area contributed by atoms with E-state index >= 15 is 0 Å². The van der Waals surface area contributed by atoms with Gasteiger partial charge in [0.15, 0.2) is 0 Å². The van der Waals surface area contributed by atoms with E-state index in [0.29, 0.717) is 48.9 Å². The summed E-state index contributed by atoms with van der Waals surface area (Å²) < 4.78 is 27.8. The van der Waals surface area contributed by atoms with Gasteiger partial charge in [-0.2, -0.15) is 4.31 Å². The molecule has 0 radical (unpaired) electrons. The normalized spacial score (nSPS) is 16.7. The fourth-order valence-electron chi connectivity index (χ4n) is 3.25. The Morgan fingerprint density at radius 2 is 1.93 bits per heavy atom. The van der Waals surface area contributed by atoms with E-state index in [4.69, 9.17) is 5.11 Å². The van der Waals surface area contributed by atoms with Crippen LogP contribution in [0.3, 0.4) is 0 Å². The number of aromatic amines is 1. The van der Waals surface area contributed by atoms with Crippen molar-refractivity contribution in [3.05, 3.63) is 39.8 Å². The molecule has 3 rings (SSSR count). The van der Waals surface area contributed by atoms with E-state index in [1.54, 1.807) is 12.1 Å². The van der Waals surface area contributed by atoms with Gasteiger partial charge in [-0.15, -0.1) is 11.3 Å². The van der Waals surface area contributed by atoms with Gasteiger partial charge in [0, 0.05) is 54.4 Å². The predicted octanol–water partition coefficient (Wildman–Crippen LogP) is 1.27. The second-order valence-corrected chi connectivity index (χ2v) is 9.85. The molecule has 1 aliphatic heterocycles. The molecule has 27 heavy (non-hydrogen) atoms. The molecule has 2 N–H and O–H groups in total. The highest BCUT2D eigenvalue weighted by Gasteiger charge is 2.29. The summed E-state index contributed by atoms with van der Waals surface area (Å²) in [6.07, 6.45) is 0.622. The SMILES string of the molecule is CCc1cc(-c2ccc(S(=O)(=O)N3CCN(CCO)CC3)s2)c(C)[nH]c1=O. The highest BCUT2D eigenvalue weighted by atomic mass is 32.2. The largest absolute Gasteiger partial charge is 0.395 e. The number of aromatic nitrogens is 1. The number of aliphatic hydroxyl groups excluding tert-OH is 1. The summed E-state index contributed by atoms with van der Waals surface area (Å²) in [6, 6.07) is 5.30. The average Bonchev–Trinajstić information content (AvgIpc) is 3.13. The minimum atomic E-state index is -3.53. The summed E-state index contributed by atoms with van der Waals surface area (Å²) in [5.41, 5.74) is 2.20. The van der Waals surface area contributed by atoms with Gasteiger partial charge in [0.2, 0.25) is 0 Å². The van der Waals surface area contributed by atoms with Crippen LogP contribution in [0.1, 0.15) is 18.2 Å². The molecule has 7 nitrogen and oxygen atoms in total. The number of piperazine rings is 1. The Hall–Kier alpha value is -1.52. The first kappa shape index (κ1) is 20.2.